The fourth-order valence-corrected chi connectivity index (χ4v) is 3.59. The summed E-state index contributed by atoms with van der Waals surface area (Å²) < 4.78 is 5.65. The van der Waals surface area contributed by atoms with E-state index in [0.29, 0.717) is 38.5 Å². The third-order valence-corrected chi connectivity index (χ3v) is 4.95. The SMILES string of the molecule is O=C([C@@H]1CCCN1C(=O)Nc1ccccc1)N1CCOc2ncccc2C1. The van der Waals surface area contributed by atoms with Crippen molar-refractivity contribution in [1.82, 2.24) is 14.8 Å². The van der Waals surface area contributed by atoms with Crippen LogP contribution in [0.1, 0.15) is 18.4 Å². The minimum absolute atomic E-state index is 0.0315. The lowest BCUT2D eigenvalue weighted by Gasteiger charge is -2.29. The molecule has 2 aliphatic rings. The molecular formula is C20H22N4O3. The number of benzene rings is 1. The highest BCUT2D eigenvalue weighted by Gasteiger charge is 2.37. The van der Waals surface area contributed by atoms with E-state index in [9.17, 15) is 9.59 Å². The van der Waals surface area contributed by atoms with Crippen molar-refractivity contribution in [3.05, 3.63) is 54.2 Å². The van der Waals surface area contributed by atoms with Gasteiger partial charge in [-0.3, -0.25) is 4.79 Å². The molecule has 140 valence electrons. The van der Waals surface area contributed by atoms with Crippen LogP contribution in [0.2, 0.25) is 0 Å². The van der Waals surface area contributed by atoms with Gasteiger partial charge in [0, 0.05) is 24.0 Å². The number of urea groups is 1. The number of carbonyl (C=O) groups excluding carboxylic acids is 2. The van der Waals surface area contributed by atoms with Gasteiger partial charge < -0.3 is 19.9 Å². The topological polar surface area (TPSA) is 74.8 Å². The van der Waals surface area contributed by atoms with Gasteiger partial charge in [0.2, 0.25) is 11.8 Å². The number of nitrogens with one attached hydrogen (secondary N) is 1. The zero-order chi connectivity index (χ0) is 18.6. The molecule has 1 aromatic heterocycles. The van der Waals surface area contributed by atoms with Gasteiger partial charge in [-0.05, 0) is 31.0 Å². The van der Waals surface area contributed by atoms with Gasteiger partial charge in [0.25, 0.3) is 0 Å². The number of ether oxygens (including phenoxy) is 1. The molecule has 3 heterocycles. The van der Waals surface area contributed by atoms with Crippen molar-refractivity contribution in [2.75, 3.05) is 25.0 Å². The smallest absolute Gasteiger partial charge is 0.322 e. The fraction of sp³-hybridized carbons (Fsp3) is 0.350. The second-order valence-electron chi connectivity index (χ2n) is 6.72. The molecule has 0 aliphatic carbocycles. The number of rotatable bonds is 2. The summed E-state index contributed by atoms with van der Waals surface area (Å²) in [5.74, 6) is 0.550. The molecule has 1 fully saturated rings. The summed E-state index contributed by atoms with van der Waals surface area (Å²) in [6.45, 7) is 1.92. The predicted octanol–water partition coefficient (Wildman–Crippen LogP) is 2.50. The number of nitrogens with zero attached hydrogens (tertiary/aromatic N) is 3. The molecule has 7 heteroatoms. The average molecular weight is 366 g/mol. The lowest BCUT2D eigenvalue weighted by Crippen LogP contribution is -2.49. The van der Waals surface area contributed by atoms with Crippen LogP contribution in [0, 0.1) is 0 Å². The summed E-state index contributed by atoms with van der Waals surface area (Å²) >= 11 is 0. The first kappa shape index (κ1) is 17.3. The second-order valence-corrected chi connectivity index (χ2v) is 6.72. The van der Waals surface area contributed by atoms with E-state index in [-0.39, 0.29) is 11.9 Å². The summed E-state index contributed by atoms with van der Waals surface area (Å²) in [5.41, 5.74) is 1.62. The monoisotopic (exact) mass is 366 g/mol. The van der Waals surface area contributed by atoms with Crippen molar-refractivity contribution in [3.63, 3.8) is 0 Å². The molecule has 0 unspecified atom stereocenters. The van der Waals surface area contributed by atoms with Gasteiger partial charge in [-0.1, -0.05) is 24.3 Å². The number of carbonyl (C=O) groups is 2. The van der Waals surface area contributed by atoms with Crippen molar-refractivity contribution >= 4 is 17.6 Å². The van der Waals surface area contributed by atoms with E-state index < -0.39 is 6.04 Å². The molecule has 1 aromatic carbocycles. The van der Waals surface area contributed by atoms with Crippen LogP contribution in [0.3, 0.4) is 0 Å². The van der Waals surface area contributed by atoms with E-state index in [4.69, 9.17) is 4.74 Å². The lowest BCUT2D eigenvalue weighted by atomic mass is 10.1. The Kier molecular flexibility index (Phi) is 4.91. The normalized spacial score (nSPS) is 19.0. The molecule has 1 N–H and O–H groups in total. The van der Waals surface area contributed by atoms with Crippen LogP contribution in [-0.2, 0) is 11.3 Å². The third kappa shape index (κ3) is 3.72. The Hall–Kier alpha value is -3.09. The minimum Gasteiger partial charge on any atom is -0.476 e. The zero-order valence-corrected chi connectivity index (χ0v) is 15.0. The molecule has 7 nitrogen and oxygen atoms in total. The number of aromatic nitrogens is 1. The first-order chi connectivity index (χ1) is 13.2. The number of hydrogen-bond acceptors (Lipinski definition) is 4. The molecular weight excluding hydrogens is 344 g/mol. The summed E-state index contributed by atoms with van der Waals surface area (Å²) in [7, 11) is 0. The van der Waals surface area contributed by atoms with Gasteiger partial charge in [-0.15, -0.1) is 0 Å². The number of para-hydroxylation sites is 1. The second kappa shape index (κ2) is 7.65. The third-order valence-electron chi connectivity index (χ3n) is 4.95. The summed E-state index contributed by atoms with van der Waals surface area (Å²) in [4.78, 5) is 33.5. The molecule has 0 radical (unpaired) electrons. The van der Waals surface area contributed by atoms with Crippen LogP contribution in [0.25, 0.3) is 0 Å². The highest BCUT2D eigenvalue weighted by Crippen LogP contribution is 2.24. The van der Waals surface area contributed by atoms with E-state index in [2.05, 4.69) is 10.3 Å². The molecule has 0 saturated carbocycles. The van der Waals surface area contributed by atoms with Crippen molar-refractivity contribution < 1.29 is 14.3 Å². The Morgan fingerprint density at radius 2 is 1.96 bits per heavy atom. The summed E-state index contributed by atoms with van der Waals surface area (Å²) in [6.07, 6.45) is 3.18. The Morgan fingerprint density at radius 1 is 1.11 bits per heavy atom. The molecule has 27 heavy (non-hydrogen) atoms. The number of hydrogen-bond donors (Lipinski definition) is 1. The van der Waals surface area contributed by atoms with Gasteiger partial charge in [-0.2, -0.15) is 0 Å². The van der Waals surface area contributed by atoms with Crippen molar-refractivity contribution in [1.29, 1.82) is 0 Å². The quantitative estimate of drug-likeness (QED) is 0.886. The largest absolute Gasteiger partial charge is 0.476 e. The standard InChI is InChI=1S/C20H22N4O3/c25-19(23-12-13-27-18-15(14-23)6-4-10-21-18)17-9-5-11-24(17)20(26)22-16-7-2-1-3-8-16/h1-4,6-8,10,17H,5,9,11-14H2,(H,22,26)/t17-/m0/s1. The zero-order valence-electron chi connectivity index (χ0n) is 15.0. The number of pyridine rings is 1. The molecule has 2 aliphatic heterocycles. The van der Waals surface area contributed by atoms with Crippen LogP contribution in [-0.4, -0.2) is 52.5 Å². The average Bonchev–Trinajstić information content (AvgIpc) is 3.08. The Labute approximate surface area is 157 Å². The van der Waals surface area contributed by atoms with E-state index >= 15 is 0 Å². The van der Waals surface area contributed by atoms with Gasteiger partial charge in [0.05, 0.1) is 13.1 Å². The number of amides is 3. The maximum Gasteiger partial charge on any atom is 0.322 e. The molecule has 4 rings (SSSR count). The van der Waals surface area contributed by atoms with Gasteiger partial charge in [0.15, 0.2) is 0 Å². The maximum atomic E-state index is 13.2. The Morgan fingerprint density at radius 3 is 2.81 bits per heavy atom. The Balaban J connectivity index is 1.46. The molecule has 3 amide bonds. The van der Waals surface area contributed by atoms with Gasteiger partial charge >= 0.3 is 6.03 Å². The highest BCUT2D eigenvalue weighted by atomic mass is 16.5. The fourth-order valence-electron chi connectivity index (χ4n) is 3.59. The molecule has 2 aromatic rings. The number of anilines is 1. The summed E-state index contributed by atoms with van der Waals surface area (Å²) in [5, 5.41) is 2.88. The maximum absolute atomic E-state index is 13.2. The van der Waals surface area contributed by atoms with Gasteiger partial charge in [-0.25, -0.2) is 9.78 Å². The molecule has 1 atom stereocenters. The van der Waals surface area contributed by atoms with Crippen LogP contribution in [0.4, 0.5) is 10.5 Å². The van der Waals surface area contributed by atoms with E-state index in [1.807, 2.05) is 42.5 Å². The van der Waals surface area contributed by atoms with Crippen molar-refractivity contribution in [2.45, 2.75) is 25.4 Å². The highest BCUT2D eigenvalue weighted by molar-refractivity contribution is 5.94. The number of likely N-dealkylation sites (tertiary alicyclic amines) is 1. The minimum atomic E-state index is -0.438. The first-order valence-electron chi connectivity index (χ1n) is 9.20. The van der Waals surface area contributed by atoms with Crippen LogP contribution >= 0.6 is 0 Å². The molecule has 0 bridgehead atoms. The molecule has 1 saturated heterocycles. The number of fused-ring (bicyclic) bond motifs is 1. The van der Waals surface area contributed by atoms with Crippen LogP contribution in [0.15, 0.2) is 48.7 Å². The van der Waals surface area contributed by atoms with E-state index in [1.165, 1.54) is 0 Å². The first-order valence-corrected chi connectivity index (χ1v) is 9.20. The van der Waals surface area contributed by atoms with Crippen molar-refractivity contribution in [3.8, 4) is 5.88 Å². The van der Waals surface area contributed by atoms with Gasteiger partial charge in [0.1, 0.15) is 12.6 Å². The van der Waals surface area contributed by atoms with Crippen LogP contribution in [0.5, 0.6) is 5.88 Å². The van der Waals surface area contributed by atoms with E-state index in [1.54, 1.807) is 16.0 Å². The Bertz CT molecular complexity index is 827. The molecule has 0 spiro atoms. The lowest BCUT2D eigenvalue weighted by molar-refractivity contribution is -0.135. The van der Waals surface area contributed by atoms with E-state index in [0.717, 1.165) is 17.7 Å². The van der Waals surface area contributed by atoms with Crippen molar-refractivity contribution in [2.24, 2.45) is 0 Å². The predicted molar refractivity (Wildman–Crippen MR) is 100 cm³/mol. The van der Waals surface area contributed by atoms with Crippen LogP contribution < -0.4 is 10.1 Å². The summed E-state index contributed by atoms with van der Waals surface area (Å²) in [6, 6.07) is 12.4.